The van der Waals surface area contributed by atoms with Gasteiger partial charge in [0.25, 0.3) is 5.91 Å². The number of benzene rings is 2. The molecule has 0 aliphatic carbocycles. The maximum atomic E-state index is 12.7. The zero-order valence-electron chi connectivity index (χ0n) is 16.9. The molecule has 1 N–H and O–H groups in total. The third-order valence-electron chi connectivity index (χ3n) is 4.97. The van der Waals surface area contributed by atoms with E-state index < -0.39 is 0 Å². The Morgan fingerprint density at radius 3 is 2.55 bits per heavy atom. The topological polar surface area (TPSA) is 64.7 Å². The Morgan fingerprint density at radius 1 is 1.06 bits per heavy atom. The summed E-state index contributed by atoms with van der Waals surface area (Å²) < 4.78 is 3.40. The summed E-state index contributed by atoms with van der Waals surface area (Å²) in [6.07, 6.45) is 4.34. The molecule has 0 bridgehead atoms. The number of hydrogen-bond donors (Lipinski definition) is 1. The van der Waals surface area contributed by atoms with Crippen molar-refractivity contribution in [1.29, 1.82) is 0 Å². The number of aromatic nitrogens is 4. The van der Waals surface area contributed by atoms with Gasteiger partial charge in [-0.25, -0.2) is 9.36 Å². The molecule has 0 unspecified atom stereocenters. The van der Waals surface area contributed by atoms with Crippen LogP contribution in [0.4, 0.5) is 0 Å². The Morgan fingerprint density at radius 2 is 1.84 bits per heavy atom. The lowest BCUT2D eigenvalue weighted by Gasteiger charge is -2.08. The Bertz CT molecular complexity index is 1180. The van der Waals surface area contributed by atoms with Crippen molar-refractivity contribution in [3.8, 4) is 5.69 Å². The molecule has 0 radical (unpaired) electrons. The highest BCUT2D eigenvalue weighted by Crippen LogP contribution is 2.23. The first-order valence-electron chi connectivity index (χ1n) is 9.86. The van der Waals surface area contributed by atoms with E-state index in [2.05, 4.69) is 15.5 Å². The molecule has 31 heavy (non-hydrogen) atoms. The van der Waals surface area contributed by atoms with Crippen LogP contribution in [0.15, 0.2) is 67.0 Å². The normalized spacial score (nSPS) is 10.9. The van der Waals surface area contributed by atoms with E-state index in [-0.39, 0.29) is 5.91 Å². The third kappa shape index (κ3) is 4.81. The van der Waals surface area contributed by atoms with Crippen LogP contribution in [-0.2, 0) is 13.0 Å². The van der Waals surface area contributed by atoms with Gasteiger partial charge >= 0.3 is 0 Å². The van der Waals surface area contributed by atoms with E-state index in [9.17, 15) is 4.79 Å². The number of halogens is 2. The number of rotatable bonds is 7. The van der Waals surface area contributed by atoms with Crippen LogP contribution in [0.2, 0.25) is 10.2 Å². The Hall–Kier alpha value is -3.09. The minimum atomic E-state index is -0.235. The van der Waals surface area contributed by atoms with Crippen LogP contribution < -0.4 is 5.32 Å². The number of amides is 1. The Balaban J connectivity index is 1.37. The molecule has 0 aliphatic rings. The highest BCUT2D eigenvalue weighted by molar-refractivity contribution is 6.33. The predicted octanol–water partition coefficient (Wildman–Crippen LogP) is 4.70. The van der Waals surface area contributed by atoms with Crippen molar-refractivity contribution in [3.63, 3.8) is 0 Å². The maximum Gasteiger partial charge on any atom is 0.256 e. The molecular formula is C23H21Cl2N5O. The van der Waals surface area contributed by atoms with Crippen molar-refractivity contribution < 1.29 is 4.79 Å². The standard InChI is InChI=1S/C23H21Cl2N5O/c1-16-21(22(25)30(28-16)15-18-5-2-3-6-20(18)24)23(31)26-13-11-17-7-9-19(10-8-17)29-14-4-12-27-29/h2-10,12,14H,11,13,15H2,1H3,(H,26,31). The molecule has 0 atom stereocenters. The van der Waals surface area contributed by atoms with E-state index in [0.717, 1.165) is 16.8 Å². The van der Waals surface area contributed by atoms with Crippen LogP contribution in [0.25, 0.3) is 5.69 Å². The molecular weight excluding hydrogens is 433 g/mol. The molecule has 6 nitrogen and oxygen atoms in total. The number of carbonyl (C=O) groups is 1. The summed E-state index contributed by atoms with van der Waals surface area (Å²) in [7, 11) is 0. The zero-order chi connectivity index (χ0) is 21.8. The molecule has 1 amide bonds. The molecule has 0 saturated carbocycles. The minimum absolute atomic E-state index is 0.235. The van der Waals surface area contributed by atoms with E-state index in [1.807, 2.05) is 60.8 Å². The van der Waals surface area contributed by atoms with Gasteiger partial charge in [-0.05, 0) is 48.7 Å². The molecule has 8 heteroatoms. The van der Waals surface area contributed by atoms with E-state index in [1.165, 1.54) is 0 Å². The summed E-state index contributed by atoms with van der Waals surface area (Å²) in [5, 5.41) is 12.5. The van der Waals surface area contributed by atoms with Crippen LogP contribution >= 0.6 is 23.2 Å². The highest BCUT2D eigenvalue weighted by atomic mass is 35.5. The van der Waals surface area contributed by atoms with Crippen molar-refractivity contribution in [2.75, 3.05) is 6.54 Å². The molecule has 158 valence electrons. The highest BCUT2D eigenvalue weighted by Gasteiger charge is 2.20. The second-order valence-electron chi connectivity index (χ2n) is 7.12. The van der Waals surface area contributed by atoms with Gasteiger partial charge in [-0.1, -0.05) is 53.5 Å². The zero-order valence-corrected chi connectivity index (χ0v) is 18.4. The van der Waals surface area contributed by atoms with E-state index in [0.29, 0.717) is 40.9 Å². The van der Waals surface area contributed by atoms with Gasteiger partial charge in [-0.3, -0.25) is 4.79 Å². The molecule has 0 spiro atoms. The lowest BCUT2D eigenvalue weighted by Crippen LogP contribution is -2.26. The number of nitrogens with one attached hydrogen (secondary N) is 1. The first-order valence-corrected chi connectivity index (χ1v) is 10.6. The van der Waals surface area contributed by atoms with Crippen molar-refractivity contribution in [2.24, 2.45) is 0 Å². The van der Waals surface area contributed by atoms with Crippen LogP contribution in [0.3, 0.4) is 0 Å². The van der Waals surface area contributed by atoms with Gasteiger partial charge in [0.05, 0.1) is 23.5 Å². The summed E-state index contributed by atoms with van der Waals surface area (Å²) in [5.41, 5.74) is 3.97. The first kappa shape index (κ1) is 21.2. The lowest BCUT2D eigenvalue weighted by atomic mass is 10.1. The van der Waals surface area contributed by atoms with Gasteiger partial charge in [-0.2, -0.15) is 10.2 Å². The van der Waals surface area contributed by atoms with Crippen molar-refractivity contribution >= 4 is 29.1 Å². The second kappa shape index (κ2) is 9.37. The van der Waals surface area contributed by atoms with Gasteiger partial charge in [-0.15, -0.1) is 0 Å². The molecule has 4 rings (SSSR count). The average molecular weight is 454 g/mol. The lowest BCUT2D eigenvalue weighted by molar-refractivity contribution is 0.0953. The number of nitrogens with zero attached hydrogens (tertiary/aromatic N) is 4. The third-order valence-corrected chi connectivity index (χ3v) is 5.73. The van der Waals surface area contributed by atoms with Gasteiger partial charge in [0.2, 0.25) is 0 Å². The number of carbonyl (C=O) groups excluding carboxylic acids is 1. The first-order chi connectivity index (χ1) is 15.0. The van der Waals surface area contributed by atoms with E-state index >= 15 is 0 Å². The van der Waals surface area contributed by atoms with Gasteiger partial charge in [0.15, 0.2) is 0 Å². The molecule has 2 aromatic carbocycles. The van der Waals surface area contributed by atoms with Gasteiger partial charge in [0, 0.05) is 24.0 Å². The predicted molar refractivity (Wildman–Crippen MR) is 122 cm³/mol. The van der Waals surface area contributed by atoms with Crippen molar-refractivity contribution in [2.45, 2.75) is 19.9 Å². The maximum absolute atomic E-state index is 12.7. The van der Waals surface area contributed by atoms with Crippen LogP contribution in [0.1, 0.15) is 27.2 Å². The summed E-state index contributed by atoms with van der Waals surface area (Å²) >= 11 is 12.7. The SMILES string of the molecule is Cc1nn(Cc2ccccc2Cl)c(Cl)c1C(=O)NCCc1ccc(-n2cccn2)cc1. The monoisotopic (exact) mass is 453 g/mol. The minimum Gasteiger partial charge on any atom is -0.352 e. The quantitative estimate of drug-likeness (QED) is 0.440. The van der Waals surface area contributed by atoms with Crippen molar-refractivity contribution in [3.05, 3.63) is 99.6 Å². The molecule has 0 aliphatic heterocycles. The second-order valence-corrected chi connectivity index (χ2v) is 7.89. The van der Waals surface area contributed by atoms with Gasteiger partial charge < -0.3 is 5.32 Å². The molecule has 0 saturated heterocycles. The Labute approximate surface area is 190 Å². The van der Waals surface area contributed by atoms with Crippen LogP contribution in [-0.4, -0.2) is 32.0 Å². The molecule has 0 fully saturated rings. The van der Waals surface area contributed by atoms with Gasteiger partial charge in [0.1, 0.15) is 5.15 Å². The largest absolute Gasteiger partial charge is 0.352 e. The average Bonchev–Trinajstić information content (AvgIpc) is 3.39. The van der Waals surface area contributed by atoms with Crippen LogP contribution in [0.5, 0.6) is 0 Å². The smallest absolute Gasteiger partial charge is 0.256 e. The van der Waals surface area contributed by atoms with Crippen molar-refractivity contribution in [1.82, 2.24) is 24.9 Å². The molecule has 2 aromatic heterocycles. The Kier molecular flexibility index (Phi) is 6.39. The van der Waals surface area contributed by atoms with E-state index in [4.69, 9.17) is 23.2 Å². The van der Waals surface area contributed by atoms with Crippen LogP contribution in [0, 0.1) is 6.92 Å². The fourth-order valence-corrected chi connectivity index (χ4v) is 3.87. The molecule has 4 aromatic rings. The molecule has 2 heterocycles. The fourth-order valence-electron chi connectivity index (χ4n) is 3.35. The summed E-state index contributed by atoms with van der Waals surface area (Å²) in [6.45, 7) is 2.67. The fraction of sp³-hybridized carbons (Fsp3) is 0.174. The summed E-state index contributed by atoms with van der Waals surface area (Å²) in [5.74, 6) is -0.235. The summed E-state index contributed by atoms with van der Waals surface area (Å²) in [4.78, 5) is 12.7. The number of aryl methyl sites for hydroxylation is 1. The number of hydrogen-bond acceptors (Lipinski definition) is 3. The summed E-state index contributed by atoms with van der Waals surface area (Å²) in [6, 6.07) is 17.4. The van der Waals surface area contributed by atoms with E-state index in [1.54, 1.807) is 22.5 Å².